The van der Waals surface area contributed by atoms with Gasteiger partial charge in [0, 0.05) is 6.04 Å². The third-order valence-electron chi connectivity index (χ3n) is 3.80. The van der Waals surface area contributed by atoms with E-state index in [0.717, 1.165) is 18.4 Å². The van der Waals surface area contributed by atoms with Gasteiger partial charge in [0.15, 0.2) is 0 Å². The van der Waals surface area contributed by atoms with Gasteiger partial charge in [0.05, 0.1) is 6.61 Å². The number of hydrogen-bond donors (Lipinski definition) is 1. The second-order valence-electron chi connectivity index (χ2n) is 4.79. The molecule has 1 N–H and O–H groups in total. The minimum absolute atomic E-state index is 0.0253. The molecule has 0 aliphatic heterocycles. The molecular weight excluding hydrogens is 238 g/mol. The van der Waals surface area contributed by atoms with Gasteiger partial charge >= 0.3 is 5.97 Å². The number of ether oxygens (including phenoxy) is 1. The minimum Gasteiger partial charge on any atom is -0.465 e. The fourth-order valence-corrected chi connectivity index (χ4v) is 2.87. The second kappa shape index (κ2) is 6.02. The van der Waals surface area contributed by atoms with E-state index in [9.17, 15) is 4.79 Å². The number of rotatable bonds is 4. The van der Waals surface area contributed by atoms with Crippen LogP contribution in [0.3, 0.4) is 0 Å². The Morgan fingerprint density at radius 3 is 2.79 bits per heavy atom. The van der Waals surface area contributed by atoms with Crippen molar-refractivity contribution >= 4 is 5.97 Å². The molecule has 0 amide bonds. The van der Waals surface area contributed by atoms with Gasteiger partial charge in [0.2, 0.25) is 0 Å². The van der Waals surface area contributed by atoms with Crippen molar-refractivity contribution in [3.63, 3.8) is 0 Å². The summed E-state index contributed by atoms with van der Waals surface area (Å²) in [6.07, 6.45) is 5.87. The van der Waals surface area contributed by atoms with Crippen LogP contribution in [0.5, 0.6) is 0 Å². The van der Waals surface area contributed by atoms with Crippen LogP contribution in [-0.4, -0.2) is 25.7 Å². The standard InChI is InChI=1S/C16H21NO2/c1-3-19-15(18)16(13-9-5-4-6-10-13)12-8-7-11-14(16)17-2/h4-7,9-11,14,17H,3,8,12H2,1-2H3/t14-,16?/m1/s1. The second-order valence-corrected chi connectivity index (χ2v) is 4.79. The molecule has 2 atom stereocenters. The molecule has 0 bridgehead atoms. The lowest BCUT2D eigenvalue weighted by Crippen LogP contribution is -2.53. The first-order chi connectivity index (χ1) is 9.25. The Morgan fingerprint density at radius 1 is 1.42 bits per heavy atom. The highest BCUT2D eigenvalue weighted by Gasteiger charge is 2.47. The number of hydrogen-bond acceptors (Lipinski definition) is 3. The Balaban J connectivity index is 2.49. The van der Waals surface area contributed by atoms with E-state index in [1.54, 1.807) is 0 Å². The highest BCUT2D eigenvalue weighted by atomic mass is 16.5. The lowest BCUT2D eigenvalue weighted by atomic mass is 9.68. The predicted octanol–water partition coefficient (Wildman–Crippen LogP) is 2.43. The first-order valence-electron chi connectivity index (χ1n) is 6.82. The molecule has 3 nitrogen and oxygen atoms in total. The van der Waals surface area contributed by atoms with Crippen LogP contribution in [-0.2, 0) is 14.9 Å². The van der Waals surface area contributed by atoms with E-state index in [2.05, 4.69) is 17.5 Å². The SMILES string of the molecule is CCOC(=O)C1(c2ccccc2)CCC=C[C@H]1NC. The predicted molar refractivity (Wildman–Crippen MR) is 76.0 cm³/mol. The zero-order valence-electron chi connectivity index (χ0n) is 11.6. The number of likely N-dealkylation sites (N-methyl/N-ethyl adjacent to an activating group) is 1. The normalized spacial score (nSPS) is 26.1. The van der Waals surface area contributed by atoms with Crippen molar-refractivity contribution in [2.75, 3.05) is 13.7 Å². The van der Waals surface area contributed by atoms with E-state index in [4.69, 9.17) is 4.74 Å². The van der Waals surface area contributed by atoms with Gasteiger partial charge in [0.1, 0.15) is 5.41 Å². The Morgan fingerprint density at radius 2 is 2.16 bits per heavy atom. The van der Waals surface area contributed by atoms with Crippen molar-refractivity contribution in [2.45, 2.75) is 31.2 Å². The van der Waals surface area contributed by atoms with Crippen LogP contribution in [0.4, 0.5) is 0 Å². The fourth-order valence-electron chi connectivity index (χ4n) is 2.87. The molecule has 0 saturated heterocycles. The Kier molecular flexibility index (Phi) is 4.38. The van der Waals surface area contributed by atoms with Crippen LogP contribution in [0.2, 0.25) is 0 Å². The van der Waals surface area contributed by atoms with Gasteiger partial charge < -0.3 is 10.1 Å². The molecule has 1 aromatic carbocycles. The molecular formula is C16H21NO2. The van der Waals surface area contributed by atoms with Crippen molar-refractivity contribution in [1.82, 2.24) is 5.32 Å². The Bertz CT molecular complexity index is 455. The summed E-state index contributed by atoms with van der Waals surface area (Å²) in [6, 6.07) is 9.92. The zero-order valence-corrected chi connectivity index (χ0v) is 11.6. The average Bonchev–Trinajstić information content (AvgIpc) is 2.48. The fraction of sp³-hybridized carbons (Fsp3) is 0.438. The van der Waals surface area contributed by atoms with E-state index in [1.807, 2.05) is 44.3 Å². The molecule has 1 unspecified atom stereocenters. The molecule has 19 heavy (non-hydrogen) atoms. The summed E-state index contributed by atoms with van der Waals surface area (Å²) in [4.78, 5) is 12.6. The molecule has 0 fully saturated rings. The molecule has 0 aromatic heterocycles. The molecule has 0 saturated carbocycles. The van der Waals surface area contributed by atoms with Crippen LogP contribution >= 0.6 is 0 Å². The largest absolute Gasteiger partial charge is 0.465 e. The molecule has 3 heteroatoms. The molecule has 0 heterocycles. The Labute approximate surface area is 114 Å². The number of esters is 1. The zero-order chi connectivity index (χ0) is 13.7. The average molecular weight is 259 g/mol. The van der Waals surface area contributed by atoms with Gasteiger partial charge in [-0.3, -0.25) is 4.79 Å². The number of allylic oxidation sites excluding steroid dienone is 1. The van der Waals surface area contributed by atoms with Gasteiger partial charge in [-0.25, -0.2) is 0 Å². The van der Waals surface area contributed by atoms with E-state index in [-0.39, 0.29) is 12.0 Å². The molecule has 1 aliphatic carbocycles. The molecule has 0 spiro atoms. The third-order valence-corrected chi connectivity index (χ3v) is 3.80. The minimum atomic E-state index is -0.610. The van der Waals surface area contributed by atoms with Crippen LogP contribution < -0.4 is 5.32 Å². The van der Waals surface area contributed by atoms with Crippen molar-refractivity contribution < 1.29 is 9.53 Å². The summed E-state index contributed by atoms with van der Waals surface area (Å²) in [6.45, 7) is 2.26. The van der Waals surface area contributed by atoms with Gasteiger partial charge in [-0.1, -0.05) is 42.5 Å². The maximum absolute atomic E-state index is 12.6. The number of benzene rings is 1. The van der Waals surface area contributed by atoms with Crippen molar-refractivity contribution in [3.05, 3.63) is 48.0 Å². The summed E-state index contributed by atoms with van der Waals surface area (Å²) in [5.74, 6) is -0.134. The van der Waals surface area contributed by atoms with E-state index in [0.29, 0.717) is 6.61 Å². The van der Waals surface area contributed by atoms with Gasteiger partial charge in [-0.15, -0.1) is 0 Å². The quantitative estimate of drug-likeness (QED) is 0.666. The third kappa shape index (κ3) is 2.43. The van der Waals surface area contributed by atoms with Crippen LogP contribution in [0.15, 0.2) is 42.5 Å². The van der Waals surface area contributed by atoms with Gasteiger partial charge in [-0.05, 0) is 32.4 Å². The van der Waals surface area contributed by atoms with Crippen LogP contribution in [0, 0.1) is 0 Å². The molecule has 2 rings (SSSR count). The lowest BCUT2D eigenvalue weighted by molar-refractivity contribution is -0.151. The van der Waals surface area contributed by atoms with Crippen molar-refractivity contribution in [2.24, 2.45) is 0 Å². The van der Waals surface area contributed by atoms with E-state index >= 15 is 0 Å². The van der Waals surface area contributed by atoms with Crippen molar-refractivity contribution in [1.29, 1.82) is 0 Å². The van der Waals surface area contributed by atoms with Crippen LogP contribution in [0.1, 0.15) is 25.3 Å². The molecule has 0 radical (unpaired) electrons. The maximum Gasteiger partial charge on any atom is 0.318 e. The summed E-state index contributed by atoms with van der Waals surface area (Å²) >= 11 is 0. The maximum atomic E-state index is 12.6. The van der Waals surface area contributed by atoms with Gasteiger partial charge in [-0.2, -0.15) is 0 Å². The monoisotopic (exact) mass is 259 g/mol. The highest BCUT2D eigenvalue weighted by molar-refractivity contribution is 5.85. The summed E-state index contributed by atoms with van der Waals surface area (Å²) in [5.41, 5.74) is 0.415. The summed E-state index contributed by atoms with van der Waals surface area (Å²) < 4.78 is 5.36. The first-order valence-corrected chi connectivity index (χ1v) is 6.82. The molecule has 1 aromatic rings. The number of carbonyl (C=O) groups is 1. The van der Waals surface area contributed by atoms with E-state index < -0.39 is 5.41 Å². The molecule has 102 valence electrons. The highest BCUT2D eigenvalue weighted by Crippen LogP contribution is 2.38. The Hall–Kier alpha value is -1.61. The van der Waals surface area contributed by atoms with Crippen LogP contribution in [0.25, 0.3) is 0 Å². The summed E-state index contributed by atoms with van der Waals surface area (Å²) in [5, 5.41) is 3.24. The summed E-state index contributed by atoms with van der Waals surface area (Å²) in [7, 11) is 1.89. The molecule has 1 aliphatic rings. The van der Waals surface area contributed by atoms with E-state index in [1.165, 1.54) is 0 Å². The number of carbonyl (C=O) groups excluding carboxylic acids is 1. The number of nitrogens with one attached hydrogen (secondary N) is 1. The topological polar surface area (TPSA) is 38.3 Å². The lowest BCUT2D eigenvalue weighted by Gasteiger charge is -2.39. The van der Waals surface area contributed by atoms with Gasteiger partial charge in [0.25, 0.3) is 0 Å². The smallest absolute Gasteiger partial charge is 0.318 e. The first kappa shape index (κ1) is 13.8. The van der Waals surface area contributed by atoms with Crippen molar-refractivity contribution in [3.8, 4) is 0 Å².